The van der Waals surface area contributed by atoms with E-state index in [1.807, 2.05) is 13.8 Å². The number of likely N-dealkylation sites (tertiary alicyclic amines) is 1. The van der Waals surface area contributed by atoms with Crippen molar-refractivity contribution in [2.24, 2.45) is 5.41 Å². The van der Waals surface area contributed by atoms with Crippen LogP contribution >= 0.6 is 0 Å². The van der Waals surface area contributed by atoms with E-state index in [4.69, 9.17) is 9.47 Å². The molecule has 1 aromatic rings. The summed E-state index contributed by atoms with van der Waals surface area (Å²) in [6.45, 7) is 14.8. The summed E-state index contributed by atoms with van der Waals surface area (Å²) < 4.78 is 11.1. The van der Waals surface area contributed by atoms with Gasteiger partial charge in [0.1, 0.15) is 5.75 Å². The molecule has 2 fully saturated rings. The molecule has 2 saturated heterocycles. The highest BCUT2D eigenvalue weighted by molar-refractivity contribution is 5.30. The van der Waals surface area contributed by atoms with E-state index in [2.05, 4.69) is 43.0 Å². The fraction of sp³-hybridized carbons (Fsp3) is 0.684. The normalized spacial score (nSPS) is 19.1. The molecule has 2 aliphatic rings. The Morgan fingerprint density at radius 2 is 1.95 bits per heavy atom. The summed E-state index contributed by atoms with van der Waals surface area (Å²) in [6.07, 6.45) is 1.10. The molecule has 3 heteroatoms. The number of ether oxygens (including phenoxy) is 2. The molecule has 0 aromatic heterocycles. The van der Waals surface area contributed by atoms with Gasteiger partial charge in [0.2, 0.25) is 0 Å². The van der Waals surface area contributed by atoms with Crippen LogP contribution in [0.2, 0.25) is 0 Å². The predicted molar refractivity (Wildman–Crippen MR) is 91.7 cm³/mol. The zero-order valence-electron chi connectivity index (χ0n) is 14.6. The van der Waals surface area contributed by atoms with E-state index in [0.29, 0.717) is 11.3 Å². The van der Waals surface area contributed by atoms with Crippen molar-refractivity contribution in [1.29, 1.82) is 0 Å². The maximum atomic E-state index is 5.86. The molecule has 1 aromatic carbocycles. The Bertz CT molecular complexity index is 447. The smallest absolute Gasteiger partial charge is 0.119 e. The van der Waals surface area contributed by atoms with E-state index in [1.54, 1.807) is 0 Å². The molecule has 0 amide bonds. The lowest BCUT2D eigenvalue weighted by Crippen LogP contribution is -2.65. The van der Waals surface area contributed by atoms with Crippen LogP contribution in [-0.2, 0) is 4.74 Å². The maximum absolute atomic E-state index is 5.86. The van der Waals surface area contributed by atoms with Crippen LogP contribution in [0.5, 0.6) is 5.75 Å². The number of hydrogen-bond acceptors (Lipinski definition) is 3. The molecule has 0 radical (unpaired) electrons. The van der Waals surface area contributed by atoms with Gasteiger partial charge in [-0.05, 0) is 30.0 Å². The number of benzene rings is 1. The van der Waals surface area contributed by atoms with Crippen molar-refractivity contribution in [2.45, 2.75) is 40.0 Å². The average Bonchev–Trinajstić information content (AvgIpc) is 2.45. The van der Waals surface area contributed by atoms with Crippen LogP contribution in [0.4, 0.5) is 0 Å². The van der Waals surface area contributed by atoms with Crippen LogP contribution in [0, 0.1) is 5.41 Å². The Balaban J connectivity index is 0.000000847. The first-order valence-electron chi connectivity index (χ1n) is 8.70. The molecular weight excluding hydrogens is 274 g/mol. The van der Waals surface area contributed by atoms with E-state index in [9.17, 15) is 0 Å². The van der Waals surface area contributed by atoms with Gasteiger partial charge in [-0.25, -0.2) is 0 Å². The number of hydrogen-bond donors (Lipinski definition) is 0. The second-order valence-corrected chi connectivity index (χ2v) is 6.63. The predicted octanol–water partition coefficient (Wildman–Crippen LogP) is 3.94. The first-order valence-corrected chi connectivity index (χ1v) is 8.70. The molecular formula is C19H31NO2. The Hall–Kier alpha value is -1.06. The topological polar surface area (TPSA) is 21.7 Å². The summed E-state index contributed by atoms with van der Waals surface area (Å²) in [5, 5.41) is 0. The van der Waals surface area contributed by atoms with E-state index in [0.717, 1.165) is 38.5 Å². The maximum Gasteiger partial charge on any atom is 0.119 e. The highest BCUT2D eigenvalue weighted by Gasteiger charge is 2.48. The van der Waals surface area contributed by atoms with Gasteiger partial charge in [-0.15, -0.1) is 0 Å². The molecule has 22 heavy (non-hydrogen) atoms. The lowest BCUT2D eigenvalue weighted by molar-refractivity contribution is -0.189. The number of rotatable bonds is 6. The fourth-order valence-electron chi connectivity index (χ4n) is 3.08. The lowest BCUT2D eigenvalue weighted by atomic mass is 9.78. The molecule has 3 nitrogen and oxygen atoms in total. The molecule has 0 atom stereocenters. The molecule has 2 heterocycles. The largest absolute Gasteiger partial charge is 0.494 e. The SMILES string of the molecule is CC.CC(C)c1cccc(OCCCN2CC3(COC3)C2)c1. The second-order valence-electron chi connectivity index (χ2n) is 6.63. The van der Waals surface area contributed by atoms with Crippen molar-refractivity contribution in [2.75, 3.05) is 39.5 Å². The Kier molecular flexibility index (Phi) is 6.27. The summed E-state index contributed by atoms with van der Waals surface area (Å²) in [7, 11) is 0. The molecule has 1 spiro atoms. The number of nitrogens with zero attached hydrogens (tertiary/aromatic N) is 1. The van der Waals surface area contributed by atoms with Crippen molar-refractivity contribution in [1.82, 2.24) is 4.90 Å². The summed E-state index contributed by atoms with van der Waals surface area (Å²) in [5.74, 6) is 1.56. The highest BCUT2D eigenvalue weighted by Crippen LogP contribution is 2.37. The van der Waals surface area contributed by atoms with E-state index < -0.39 is 0 Å². The summed E-state index contributed by atoms with van der Waals surface area (Å²) in [5.41, 5.74) is 1.88. The Labute approximate surface area is 135 Å². The second kappa shape index (κ2) is 7.98. The minimum atomic E-state index is 0.534. The fourth-order valence-corrected chi connectivity index (χ4v) is 3.08. The van der Waals surface area contributed by atoms with Gasteiger partial charge in [-0.3, -0.25) is 0 Å². The zero-order valence-corrected chi connectivity index (χ0v) is 14.6. The van der Waals surface area contributed by atoms with Crippen LogP contribution in [0.15, 0.2) is 24.3 Å². The molecule has 124 valence electrons. The van der Waals surface area contributed by atoms with Crippen molar-refractivity contribution in [3.8, 4) is 5.75 Å². The Morgan fingerprint density at radius 1 is 1.23 bits per heavy atom. The van der Waals surface area contributed by atoms with E-state index >= 15 is 0 Å². The van der Waals surface area contributed by atoms with Crippen LogP contribution in [-0.4, -0.2) is 44.4 Å². The van der Waals surface area contributed by atoms with Gasteiger partial charge in [0.05, 0.1) is 19.8 Å². The summed E-state index contributed by atoms with van der Waals surface area (Å²) >= 11 is 0. The molecule has 3 rings (SSSR count). The molecule has 0 N–H and O–H groups in total. The highest BCUT2D eigenvalue weighted by atomic mass is 16.5. The molecule has 0 aliphatic carbocycles. The van der Waals surface area contributed by atoms with Crippen LogP contribution < -0.4 is 4.74 Å². The minimum Gasteiger partial charge on any atom is -0.494 e. The zero-order chi connectivity index (χ0) is 16.0. The minimum absolute atomic E-state index is 0.534. The summed E-state index contributed by atoms with van der Waals surface area (Å²) in [4.78, 5) is 2.51. The van der Waals surface area contributed by atoms with E-state index in [-0.39, 0.29) is 0 Å². The van der Waals surface area contributed by atoms with Crippen LogP contribution in [0.1, 0.15) is 45.6 Å². The van der Waals surface area contributed by atoms with Gasteiger partial charge in [0.25, 0.3) is 0 Å². The standard InChI is InChI=1S/C17H25NO2.C2H6/c1-14(2)15-5-3-6-16(9-15)20-8-4-7-18-10-17(11-18)12-19-13-17;1-2/h3,5-6,9,14H,4,7-8,10-13H2,1-2H3;1-2H3. The van der Waals surface area contributed by atoms with Crippen molar-refractivity contribution in [3.63, 3.8) is 0 Å². The third-order valence-corrected chi connectivity index (χ3v) is 4.35. The van der Waals surface area contributed by atoms with Gasteiger partial charge >= 0.3 is 0 Å². The van der Waals surface area contributed by atoms with Gasteiger partial charge in [0.15, 0.2) is 0 Å². The van der Waals surface area contributed by atoms with E-state index in [1.165, 1.54) is 18.7 Å². The van der Waals surface area contributed by atoms with Gasteiger partial charge < -0.3 is 14.4 Å². The van der Waals surface area contributed by atoms with Crippen molar-refractivity contribution in [3.05, 3.63) is 29.8 Å². The monoisotopic (exact) mass is 305 g/mol. The van der Waals surface area contributed by atoms with Gasteiger partial charge in [-0.2, -0.15) is 0 Å². The molecule has 2 aliphatic heterocycles. The van der Waals surface area contributed by atoms with Crippen LogP contribution in [0.25, 0.3) is 0 Å². The van der Waals surface area contributed by atoms with Gasteiger partial charge in [0, 0.05) is 25.0 Å². The quantitative estimate of drug-likeness (QED) is 0.743. The third-order valence-electron chi connectivity index (χ3n) is 4.35. The van der Waals surface area contributed by atoms with Crippen molar-refractivity contribution >= 4 is 0 Å². The molecule has 0 bridgehead atoms. The van der Waals surface area contributed by atoms with Crippen LogP contribution in [0.3, 0.4) is 0 Å². The summed E-state index contributed by atoms with van der Waals surface area (Å²) in [6, 6.07) is 8.46. The van der Waals surface area contributed by atoms with Crippen molar-refractivity contribution < 1.29 is 9.47 Å². The van der Waals surface area contributed by atoms with Gasteiger partial charge in [-0.1, -0.05) is 39.8 Å². The molecule has 0 unspecified atom stereocenters. The lowest BCUT2D eigenvalue weighted by Gasteiger charge is -2.55. The third kappa shape index (κ3) is 4.23. The first-order chi connectivity index (χ1) is 10.7. The Morgan fingerprint density at radius 3 is 2.55 bits per heavy atom. The molecule has 0 saturated carbocycles. The first kappa shape index (κ1) is 17.3. The average molecular weight is 305 g/mol.